The number of hydrogen-bond donors (Lipinski definition) is 1. The van der Waals surface area contributed by atoms with Crippen LogP contribution < -0.4 is 5.32 Å². The van der Waals surface area contributed by atoms with Crippen molar-refractivity contribution >= 4 is 5.69 Å². The maximum absolute atomic E-state index is 4.13. The second kappa shape index (κ2) is 3.22. The summed E-state index contributed by atoms with van der Waals surface area (Å²) in [6.45, 7) is 0. The zero-order valence-corrected chi connectivity index (χ0v) is 7.18. The van der Waals surface area contributed by atoms with E-state index in [2.05, 4.69) is 20.4 Å². The van der Waals surface area contributed by atoms with Gasteiger partial charge in [0.1, 0.15) is 12.0 Å². The van der Waals surface area contributed by atoms with Gasteiger partial charge in [0.05, 0.1) is 30.5 Å². The Kier molecular flexibility index (Phi) is 1.91. The van der Waals surface area contributed by atoms with E-state index < -0.39 is 0 Å². The molecular formula is C8H9N5. The van der Waals surface area contributed by atoms with E-state index in [1.165, 1.54) is 6.33 Å². The third kappa shape index (κ3) is 1.48. The summed E-state index contributed by atoms with van der Waals surface area (Å²) in [6, 6.07) is 0. The molecule has 0 atom stereocenters. The molecule has 0 aliphatic heterocycles. The molecule has 0 fully saturated rings. The number of aromatic nitrogens is 4. The van der Waals surface area contributed by atoms with Crippen LogP contribution in [0.15, 0.2) is 31.1 Å². The van der Waals surface area contributed by atoms with Crippen LogP contribution in [0, 0.1) is 0 Å². The number of anilines is 1. The summed E-state index contributed by atoms with van der Waals surface area (Å²) in [6.07, 6.45) is 8.52. The van der Waals surface area contributed by atoms with Gasteiger partial charge in [-0.1, -0.05) is 0 Å². The van der Waals surface area contributed by atoms with Gasteiger partial charge < -0.3 is 5.32 Å². The molecule has 1 N–H and O–H groups in total. The minimum Gasteiger partial charge on any atom is -0.386 e. The predicted octanol–water partition coefficient (Wildman–Crippen LogP) is 0.704. The largest absolute Gasteiger partial charge is 0.386 e. The van der Waals surface area contributed by atoms with E-state index in [-0.39, 0.29) is 0 Å². The number of nitrogens with zero attached hydrogens (tertiary/aromatic N) is 4. The normalized spacial score (nSPS) is 9.92. The van der Waals surface area contributed by atoms with E-state index in [0.717, 1.165) is 11.4 Å². The second-order valence-electron chi connectivity index (χ2n) is 2.52. The molecule has 2 heterocycles. The topological polar surface area (TPSA) is 55.6 Å². The standard InChI is InChI=1S/C8H9N5/c1-9-7-2-12-13(5-7)8-3-10-6-11-4-8/h2-6,9H,1H3. The van der Waals surface area contributed by atoms with Gasteiger partial charge >= 0.3 is 0 Å². The van der Waals surface area contributed by atoms with Crippen LogP contribution in [0.3, 0.4) is 0 Å². The quantitative estimate of drug-likeness (QED) is 0.730. The van der Waals surface area contributed by atoms with Crippen LogP contribution in [-0.2, 0) is 0 Å². The Morgan fingerprint density at radius 3 is 2.62 bits per heavy atom. The first-order chi connectivity index (χ1) is 6.40. The fourth-order valence-electron chi connectivity index (χ4n) is 1.00. The van der Waals surface area contributed by atoms with Crippen LogP contribution in [-0.4, -0.2) is 26.8 Å². The molecule has 2 aromatic heterocycles. The highest BCUT2D eigenvalue weighted by molar-refractivity contribution is 5.40. The smallest absolute Gasteiger partial charge is 0.115 e. The molecule has 0 aromatic carbocycles. The van der Waals surface area contributed by atoms with E-state index in [9.17, 15) is 0 Å². The highest BCUT2D eigenvalue weighted by Gasteiger charge is 1.98. The molecule has 0 bridgehead atoms. The molecule has 5 nitrogen and oxygen atoms in total. The van der Waals surface area contributed by atoms with Crippen LogP contribution in [0.4, 0.5) is 5.69 Å². The monoisotopic (exact) mass is 175 g/mol. The summed E-state index contributed by atoms with van der Waals surface area (Å²) in [5, 5.41) is 7.12. The van der Waals surface area contributed by atoms with Gasteiger partial charge in [-0.25, -0.2) is 14.6 Å². The fraction of sp³-hybridized carbons (Fsp3) is 0.125. The summed E-state index contributed by atoms with van der Waals surface area (Å²) < 4.78 is 1.71. The molecule has 2 aromatic rings. The highest BCUT2D eigenvalue weighted by Crippen LogP contribution is 2.07. The number of rotatable bonds is 2. The van der Waals surface area contributed by atoms with Crippen molar-refractivity contribution in [2.75, 3.05) is 12.4 Å². The molecule has 0 aliphatic rings. The maximum atomic E-state index is 4.13. The molecule has 0 unspecified atom stereocenters. The van der Waals surface area contributed by atoms with Crippen LogP contribution in [0.1, 0.15) is 0 Å². The minimum absolute atomic E-state index is 0.851. The van der Waals surface area contributed by atoms with Gasteiger partial charge in [0.15, 0.2) is 0 Å². The second-order valence-corrected chi connectivity index (χ2v) is 2.52. The summed E-state index contributed by atoms with van der Waals surface area (Å²) in [7, 11) is 1.85. The van der Waals surface area contributed by atoms with E-state index >= 15 is 0 Å². The Balaban J connectivity index is 2.36. The van der Waals surface area contributed by atoms with Crippen LogP contribution >= 0.6 is 0 Å². The zero-order chi connectivity index (χ0) is 9.10. The molecule has 0 amide bonds. The van der Waals surface area contributed by atoms with Gasteiger partial charge in [-0.2, -0.15) is 5.10 Å². The zero-order valence-electron chi connectivity index (χ0n) is 7.18. The van der Waals surface area contributed by atoms with E-state index in [4.69, 9.17) is 0 Å². The molecule has 66 valence electrons. The van der Waals surface area contributed by atoms with Crippen molar-refractivity contribution in [3.05, 3.63) is 31.1 Å². The van der Waals surface area contributed by atoms with Crippen LogP contribution in [0.25, 0.3) is 5.69 Å². The Morgan fingerprint density at radius 2 is 2.00 bits per heavy atom. The summed E-state index contributed by atoms with van der Waals surface area (Å²) >= 11 is 0. The lowest BCUT2D eigenvalue weighted by molar-refractivity contribution is 0.864. The molecule has 5 heteroatoms. The van der Waals surface area contributed by atoms with Crippen molar-refractivity contribution < 1.29 is 0 Å². The summed E-state index contributed by atoms with van der Waals surface area (Å²) in [5.74, 6) is 0. The van der Waals surface area contributed by atoms with Gasteiger partial charge in [0, 0.05) is 7.05 Å². The number of nitrogens with one attached hydrogen (secondary N) is 1. The van der Waals surface area contributed by atoms with Crippen molar-refractivity contribution in [3.63, 3.8) is 0 Å². The molecule has 2 rings (SSSR count). The van der Waals surface area contributed by atoms with E-state index in [1.807, 2.05) is 13.2 Å². The van der Waals surface area contributed by atoms with E-state index in [0.29, 0.717) is 0 Å². The Labute approximate surface area is 75.4 Å². The van der Waals surface area contributed by atoms with Crippen molar-refractivity contribution in [1.82, 2.24) is 19.7 Å². The molecule has 0 aliphatic carbocycles. The van der Waals surface area contributed by atoms with Crippen molar-refractivity contribution in [3.8, 4) is 5.69 Å². The van der Waals surface area contributed by atoms with Gasteiger partial charge in [0.2, 0.25) is 0 Å². The van der Waals surface area contributed by atoms with Gasteiger partial charge in [-0.3, -0.25) is 0 Å². The summed E-state index contributed by atoms with van der Waals surface area (Å²) in [4.78, 5) is 7.81. The SMILES string of the molecule is CNc1cnn(-c2cncnc2)c1. The van der Waals surface area contributed by atoms with Gasteiger partial charge in [-0.05, 0) is 0 Å². The van der Waals surface area contributed by atoms with Gasteiger partial charge in [-0.15, -0.1) is 0 Å². The first kappa shape index (κ1) is 7.72. The molecule has 0 spiro atoms. The molecular weight excluding hydrogens is 166 g/mol. The third-order valence-electron chi connectivity index (χ3n) is 1.68. The van der Waals surface area contributed by atoms with Crippen molar-refractivity contribution in [1.29, 1.82) is 0 Å². The molecule has 0 saturated heterocycles. The Hall–Kier alpha value is -1.91. The maximum Gasteiger partial charge on any atom is 0.115 e. The molecule has 0 radical (unpaired) electrons. The first-order valence-electron chi connectivity index (χ1n) is 3.88. The van der Waals surface area contributed by atoms with E-state index in [1.54, 1.807) is 23.3 Å². The molecule has 13 heavy (non-hydrogen) atoms. The van der Waals surface area contributed by atoms with Crippen LogP contribution in [0.5, 0.6) is 0 Å². The average molecular weight is 175 g/mol. The van der Waals surface area contributed by atoms with Gasteiger partial charge in [0.25, 0.3) is 0 Å². The number of hydrogen-bond acceptors (Lipinski definition) is 4. The van der Waals surface area contributed by atoms with Crippen molar-refractivity contribution in [2.24, 2.45) is 0 Å². The fourth-order valence-corrected chi connectivity index (χ4v) is 1.00. The predicted molar refractivity (Wildman–Crippen MR) is 48.7 cm³/mol. The van der Waals surface area contributed by atoms with Crippen molar-refractivity contribution in [2.45, 2.75) is 0 Å². The lowest BCUT2D eigenvalue weighted by atomic mass is 10.5. The Bertz CT molecular complexity index is 380. The summed E-state index contributed by atoms with van der Waals surface area (Å²) in [5.41, 5.74) is 1.81. The minimum atomic E-state index is 0.851. The highest BCUT2D eigenvalue weighted by atomic mass is 15.3. The first-order valence-corrected chi connectivity index (χ1v) is 3.88. The average Bonchev–Trinajstić information content (AvgIpc) is 2.67. The molecule has 0 saturated carbocycles. The Morgan fingerprint density at radius 1 is 1.23 bits per heavy atom. The third-order valence-corrected chi connectivity index (χ3v) is 1.68. The lowest BCUT2D eigenvalue weighted by Crippen LogP contribution is -1.95. The lowest BCUT2D eigenvalue weighted by Gasteiger charge is -1.97. The van der Waals surface area contributed by atoms with Crippen LogP contribution in [0.2, 0.25) is 0 Å².